The van der Waals surface area contributed by atoms with Crippen LogP contribution < -0.4 is 5.32 Å². The third-order valence-corrected chi connectivity index (χ3v) is 4.10. The predicted molar refractivity (Wildman–Crippen MR) is 96.5 cm³/mol. The zero-order valence-corrected chi connectivity index (χ0v) is 14.2. The smallest absolute Gasteiger partial charge is 0.255 e. The first-order valence-electron chi connectivity index (χ1n) is 8.11. The lowest BCUT2D eigenvalue weighted by Gasteiger charge is -2.05. The minimum Gasteiger partial charge on any atom is -0.352 e. The molecule has 0 radical (unpaired) electrons. The Kier molecular flexibility index (Phi) is 4.47. The van der Waals surface area contributed by atoms with Gasteiger partial charge in [0.05, 0.1) is 11.3 Å². The summed E-state index contributed by atoms with van der Waals surface area (Å²) in [6, 6.07) is 16.0. The van der Waals surface area contributed by atoms with Gasteiger partial charge in [0.2, 0.25) is 0 Å². The lowest BCUT2D eigenvalue weighted by atomic mass is 10.0. The summed E-state index contributed by atoms with van der Waals surface area (Å²) in [5, 5.41) is 7.55. The molecule has 0 aliphatic heterocycles. The number of hydrogen-bond donors (Lipinski definition) is 1. The molecule has 0 aliphatic rings. The Morgan fingerprint density at radius 1 is 1.08 bits per heavy atom. The SMILES string of the molecule is CCNC(=O)c1cn(-c2ccccc2)nc1-c1ccc(C)c(C)c1. The van der Waals surface area contributed by atoms with E-state index in [4.69, 9.17) is 0 Å². The summed E-state index contributed by atoms with van der Waals surface area (Å²) in [4.78, 5) is 12.5. The molecule has 4 heteroatoms. The largest absolute Gasteiger partial charge is 0.352 e. The number of nitrogens with zero attached hydrogens (tertiary/aromatic N) is 2. The molecule has 0 unspecified atom stereocenters. The molecule has 122 valence electrons. The van der Waals surface area contributed by atoms with Gasteiger partial charge in [-0.1, -0.05) is 30.3 Å². The van der Waals surface area contributed by atoms with Crippen LogP contribution in [0.25, 0.3) is 16.9 Å². The topological polar surface area (TPSA) is 46.9 Å². The first-order valence-corrected chi connectivity index (χ1v) is 8.11. The maximum atomic E-state index is 12.5. The molecule has 0 saturated heterocycles. The van der Waals surface area contributed by atoms with Crippen LogP contribution in [-0.2, 0) is 0 Å². The fraction of sp³-hybridized carbons (Fsp3) is 0.200. The van der Waals surface area contributed by atoms with E-state index in [1.54, 1.807) is 10.9 Å². The quantitative estimate of drug-likeness (QED) is 0.792. The Morgan fingerprint density at radius 3 is 2.50 bits per heavy atom. The van der Waals surface area contributed by atoms with Gasteiger partial charge in [-0.25, -0.2) is 4.68 Å². The Bertz CT molecular complexity index is 866. The average molecular weight is 319 g/mol. The number of amides is 1. The molecule has 3 rings (SSSR count). The predicted octanol–water partition coefficient (Wildman–Crippen LogP) is 3.91. The van der Waals surface area contributed by atoms with Crippen molar-refractivity contribution >= 4 is 5.91 Å². The molecule has 1 heterocycles. The number of aryl methyl sites for hydroxylation is 2. The molecule has 0 bridgehead atoms. The minimum atomic E-state index is -0.104. The Balaban J connectivity index is 2.13. The van der Waals surface area contributed by atoms with E-state index in [1.807, 2.05) is 43.3 Å². The number of hydrogen-bond acceptors (Lipinski definition) is 2. The molecule has 24 heavy (non-hydrogen) atoms. The van der Waals surface area contributed by atoms with E-state index < -0.39 is 0 Å². The van der Waals surface area contributed by atoms with Crippen LogP contribution in [0.1, 0.15) is 28.4 Å². The number of aromatic nitrogens is 2. The van der Waals surface area contributed by atoms with Crippen LogP contribution in [0, 0.1) is 13.8 Å². The van der Waals surface area contributed by atoms with Crippen molar-refractivity contribution in [2.45, 2.75) is 20.8 Å². The van der Waals surface area contributed by atoms with Crippen LogP contribution >= 0.6 is 0 Å². The second kappa shape index (κ2) is 6.71. The summed E-state index contributed by atoms with van der Waals surface area (Å²) in [6.45, 7) is 6.64. The number of para-hydroxylation sites is 1. The highest BCUT2D eigenvalue weighted by Gasteiger charge is 2.18. The molecule has 0 saturated carbocycles. The second-order valence-corrected chi connectivity index (χ2v) is 5.83. The molecule has 0 fully saturated rings. The fourth-order valence-electron chi connectivity index (χ4n) is 2.61. The van der Waals surface area contributed by atoms with Crippen molar-refractivity contribution in [3.8, 4) is 16.9 Å². The van der Waals surface area contributed by atoms with E-state index in [2.05, 4.69) is 36.4 Å². The highest BCUT2D eigenvalue weighted by molar-refractivity contribution is 6.00. The van der Waals surface area contributed by atoms with Crippen molar-refractivity contribution in [1.82, 2.24) is 15.1 Å². The molecular formula is C20H21N3O. The zero-order valence-electron chi connectivity index (χ0n) is 14.2. The van der Waals surface area contributed by atoms with Crippen LogP contribution in [0.15, 0.2) is 54.7 Å². The van der Waals surface area contributed by atoms with Gasteiger partial charge in [0.15, 0.2) is 0 Å². The Morgan fingerprint density at radius 2 is 1.83 bits per heavy atom. The molecule has 2 aromatic carbocycles. The molecule has 4 nitrogen and oxygen atoms in total. The van der Waals surface area contributed by atoms with E-state index in [0.717, 1.165) is 11.3 Å². The number of rotatable bonds is 4. The highest BCUT2D eigenvalue weighted by atomic mass is 16.1. The standard InChI is InChI=1S/C20H21N3O/c1-4-21-20(24)18-13-23(17-8-6-5-7-9-17)22-19(18)16-11-10-14(2)15(3)12-16/h5-13H,4H2,1-3H3,(H,21,24). The zero-order chi connectivity index (χ0) is 17.1. The minimum absolute atomic E-state index is 0.104. The van der Waals surface area contributed by atoms with Gasteiger partial charge >= 0.3 is 0 Å². The highest BCUT2D eigenvalue weighted by Crippen LogP contribution is 2.25. The molecule has 3 aromatic rings. The van der Waals surface area contributed by atoms with Gasteiger partial charge in [0.25, 0.3) is 5.91 Å². The third-order valence-electron chi connectivity index (χ3n) is 4.10. The van der Waals surface area contributed by atoms with Crippen LogP contribution in [-0.4, -0.2) is 22.2 Å². The number of carbonyl (C=O) groups is 1. The maximum Gasteiger partial charge on any atom is 0.255 e. The Labute approximate surface area is 142 Å². The first-order chi connectivity index (χ1) is 11.6. The monoisotopic (exact) mass is 319 g/mol. The van der Waals surface area contributed by atoms with E-state index in [0.29, 0.717) is 17.8 Å². The molecule has 1 N–H and O–H groups in total. The molecule has 1 amide bonds. The molecule has 0 aliphatic carbocycles. The van der Waals surface area contributed by atoms with Crippen molar-refractivity contribution in [3.63, 3.8) is 0 Å². The number of benzene rings is 2. The van der Waals surface area contributed by atoms with Gasteiger partial charge in [-0.15, -0.1) is 0 Å². The number of nitrogens with one attached hydrogen (secondary N) is 1. The van der Waals surface area contributed by atoms with Crippen molar-refractivity contribution in [2.75, 3.05) is 6.54 Å². The fourth-order valence-corrected chi connectivity index (χ4v) is 2.61. The molecule has 1 aromatic heterocycles. The molecule has 0 atom stereocenters. The van der Waals surface area contributed by atoms with Crippen LogP contribution in [0.2, 0.25) is 0 Å². The van der Waals surface area contributed by atoms with E-state index in [1.165, 1.54) is 11.1 Å². The van der Waals surface area contributed by atoms with Gasteiger partial charge in [0.1, 0.15) is 5.69 Å². The summed E-state index contributed by atoms with van der Waals surface area (Å²) >= 11 is 0. The lowest BCUT2D eigenvalue weighted by molar-refractivity contribution is 0.0956. The maximum absolute atomic E-state index is 12.5. The van der Waals surface area contributed by atoms with Crippen molar-refractivity contribution in [1.29, 1.82) is 0 Å². The van der Waals surface area contributed by atoms with Crippen molar-refractivity contribution in [2.24, 2.45) is 0 Å². The summed E-state index contributed by atoms with van der Waals surface area (Å²) in [7, 11) is 0. The normalized spacial score (nSPS) is 10.6. The van der Waals surface area contributed by atoms with Gasteiger partial charge in [-0.3, -0.25) is 4.79 Å². The van der Waals surface area contributed by atoms with Crippen LogP contribution in [0.3, 0.4) is 0 Å². The van der Waals surface area contributed by atoms with Gasteiger partial charge < -0.3 is 5.32 Å². The molecular weight excluding hydrogens is 298 g/mol. The first kappa shape index (κ1) is 16.0. The second-order valence-electron chi connectivity index (χ2n) is 5.83. The lowest BCUT2D eigenvalue weighted by Crippen LogP contribution is -2.22. The summed E-state index contributed by atoms with van der Waals surface area (Å²) in [5.74, 6) is -0.104. The summed E-state index contributed by atoms with van der Waals surface area (Å²) in [6.07, 6.45) is 1.80. The average Bonchev–Trinajstić information content (AvgIpc) is 3.04. The summed E-state index contributed by atoms with van der Waals surface area (Å²) < 4.78 is 1.76. The van der Waals surface area contributed by atoms with Crippen molar-refractivity contribution < 1.29 is 4.79 Å². The number of carbonyl (C=O) groups excluding carboxylic acids is 1. The molecule has 0 spiro atoms. The van der Waals surface area contributed by atoms with Crippen molar-refractivity contribution in [3.05, 3.63) is 71.4 Å². The third kappa shape index (κ3) is 3.08. The van der Waals surface area contributed by atoms with Crippen LogP contribution in [0.4, 0.5) is 0 Å². The Hall–Kier alpha value is -2.88. The van der Waals surface area contributed by atoms with Gasteiger partial charge in [0, 0.05) is 18.3 Å². The van der Waals surface area contributed by atoms with E-state index in [9.17, 15) is 4.79 Å². The van der Waals surface area contributed by atoms with E-state index in [-0.39, 0.29) is 5.91 Å². The van der Waals surface area contributed by atoms with Crippen LogP contribution in [0.5, 0.6) is 0 Å². The van der Waals surface area contributed by atoms with E-state index >= 15 is 0 Å². The van der Waals surface area contributed by atoms with Gasteiger partial charge in [-0.2, -0.15) is 5.10 Å². The van der Waals surface area contributed by atoms with Gasteiger partial charge in [-0.05, 0) is 50.1 Å². The summed E-state index contributed by atoms with van der Waals surface area (Å²) in [5.41, 5.74) is 5.58.